The van der Waals surface area contributed by atoms with Gasteiger partial charge >= 0.3 is 6.03 Å². The van der Waals surface area contributed by atoms with E-state index < -0.39 is 6.04 Å². The van der Waals surface area contributed by atoms with Crippen LogP contribution in [0.25, 0.3) is 10.9 Å². The molecule has 4 aromatic rings. The maximum Gasteiger partial charge on any atom is 0.318 e. The van der Waals surface area contributed by atoms with E-state index in [0.717, 1.165) is 65.5 Å². The summed E-state index contributed by atoms with van der Waals surface area (Å²) in [7, 11) is 4.08. The van der Waals surface area contributed by atoms with Crippen molar-refractivity contribution in [2.24, 2.45) is 0 Å². The predicted molar refractivity (Wildman–Crippen MR) is 173 cm³/mol. The van der Waals surface area contributed by atoms with Gasteiger partial charge in [-0.05, 0) is 92.2 Å². The lowest BCUT2D eigenvalue weighted by Gasteiger charge is -2.37. The van der Waals surface area contributed by atoms with Crippen molar-refractivity contribution in [3.8, 4) is 0 Å². The third-order valence-corrected chi connectivity index (χ3v) is 9.31. The van der Waals surface area contributed by atoms with E-state index in [-0.39, 0.29) is 29.6 Å². The van der Waals surface area contributed by atoms with E-state index in [0.29, 0.717) is 19.6 Å². The van der Waals surface area contributed by atoms with Crippen molar-refractivity contribution in [2.45, 2.75) is 57.0 Å². The number of H-pyrrole nitrogens is 1. The van der Waals surface area contributed by atoms with Crippen molar-refractivity contribution in [2.75, 3.05) is 38.6 Å². The lowest BCUT2D eigenvalue weighted by Crippen LogP contribution is -2.56. The summed E-state index contributed by atoms with van der Waals surface area (Å²) in [6, 6.07) is 20.2. The highest BCUT2D eigenvalue weighted by molar-refractivity contribution is 6.01. The molecular weight excluding hydrogens is 553 g/mol. The number of amides is 3. The molecule has 230 valence electrons. The van der Waals surface area contributed by atoms with Crippen LogP contribution in [0.5, 0.6) is 0 Å². The Labute approximate surface area is 259 Å². The first-order chi connectivity index (χ1) is 21.3. The lowest BCUT2D eigenvalue weighted by molar-refractivity contribution is -0.121. The number of anilines is 1. The summed E-state index contributed by atoms with van der Waals surface area (Å²) >= 11 is 0. The van der Waals surface area contributed by atoms with Crippen molar-refractivity contribution < 1.29 is 14.0 Å². The van der Waals surface area contributed by atoms with Crippen LogP contribution in [0.15, 0.2) is 72.9 Å². The zero-order valence-electron chi connectivity index (χ0n) is 25.9. The van der Waals surface area contributed by atoms with Gasteiger partial charge in [-0.15, -0.1) is 0 Å². The lowest BCUT2D eigenvalue weighted by atomic mass is 9.89. The van der Waals surface area contributed by atoms with Crippen LogP contribution in [0.4, 0.5) is 14.9 Å². The fraction of sp³-hybridized carbons (Fsp3) is 0.389. The standard InChI is InChI=1S/C36H42FN5O2/c1-24(31-22-38-32-9-5-4-8-30(31)32)34(35(43)42-18-6-7-28-11-10-25(21-33(28)42)23-40(2)3)39-36(44)41-19-16-27(17-20-41)26-12-14-29(37)15-13-26/h4-5,8-15,21-22,24,27,34,38H,6-7,16-20,23H2,1-3H3,(H,39,44)/t24-,34+/m0/s1. The molecule has 2 N–H and O–H groups in total. The number of fused-ring (bicyclic) bond motifs is 2. The number of aryl methyl sites for hydroxylation is 1. The van der Waals surface area contributed by atoms with Gasteiger partial charge in [0, 0.05) is 54.9 Å². The van der Waals surface area contributed by atoms with Crippen LogP contribution in [0.3, 0.4) is 0 Å². The number of hydrogen-bond donors (Lipinski definition) is 2. The summed E-state index contributed by atoms with van der Waals surface area (Å²) in [6.07, 6.45) is 5.37. The van der Waals surface area contributed by atoms with Gasteiger partial charge in [-0.1, -0.05) is 49.4 Å². The first-order valence-electron chi connectivity index (χ1n) is 15.7. The van der Waals surface area contributed by atoms with Gasteiger partial charge in [-0.25, -0.2) is 9.18 Å². The van der Waals surface area contributed by atoms with E-state index in [4.69, 9.17) is 0 Å². The highest BCUT2D eigenvalue weighted by Gasteiger charge is 2.36. The van der Waals surface area contributed by atoms with E-state index >= 15 is 0 Å². The second-order valence-electron chi connectivity index (χ2n) is 12.6. The number of halogens is 1. The third-order valence-electron chi connectivity index (χ3n) is 9.31. The minimum absolute atomic E-state index is 0.0831. The van der Waals surface area contributed by atoms with Gasteiger partial charge in [0.1, 0.15) is 11.9 Å². The average molecular weight is 596 g/mol. The maximum atomic E-state index is 14.6. The number of benzene rings is 3. The van der Waals surface area contributed by atoms with Crippen LogP contribution >= 0.6 is 0 Å². The molecule has 1 fully saturated rings. The van der Waals surface area contributed by atoms with Crippen molar-refractivity contribution >= 4 is 28.5 Å². The van der Waals surface area contributed by atoms with E-state index in [2.05, 4.69) is 39.5 Å². The molecule has 0 saturated carbocycles. The highest BCUT2D eigenvalue weighted by Crippen LogP contribution is 2.34. The number of nitrogens with zero attached hydrogens (tertiary/aromatic N) is 3. The van der Waals surface area contributed by atoms with Gasteiger partial charge in [-0.3, -0.25) is 4.79 Å². The number of aromatic nitrogens is 1. The van der Waals surface area contributed by atoms with Crippen molar-refractivity contribution in [1.82, 2.24) is 20.1 Å². The molecule has 0 bridgehead atoms. The fourth-order valence-electron chi connectivity index (χ4n) is 6.91. The molecule has 0 aliphatic carbocycles. The van der Waals surface area contributed by atoms with Crippen LogP contribution in [0, 0.1) is 5.82 Å². The summed E-state index contributed by atoms with van der Waals surface area (Å²) < 4.78 is 13.5. The van der Waals surface area contributed by atoms with Gasteiger partial charge in [0.25, 0.3) is 0 Å². The molecule has 7 nitrogen and oxygen atoms in total. The average Bonchev–Trinajstić information content (AvgIpc) is 3.47. The second-order valence-corrected chi connectivity index (χ2v) is 12.6. The van der Waals surface area contributed by atoms with E-state index in [9.17, 15) is 14.0 Å². The maximum absolute atomic E-state index is 14.6. The first-order valence-corrected chi connectivity index (χ1v) is 15.7. The molecule has 1 aromatic heterocycles. The molecule has 2 aliphatic heterocycles. The number of carbonyl (C=O) groups excluding carboxylic acids is 2. The summed E-state index contributed by atoms with van der Waals surface area (Å²) in [5.41, 5.74) is 6.39. The Balaban J connectivity index is 1.26. The SMILES string of the molecule is C[C@@H](c1c[nH]c2ccccc12)[C@@H](NC(=O)N1CCC(c2ccc(F)cc2)CC1)C(=O)N1CCCc2ccc(CN(C)C)cc21. The molecular formula is C36H42FN5O2. The van der Waals surface area contributed by atoms with Crippen LogP contribution in [-0.2, 0) is 17.8 Å². The summed E-state index contributed by atoms with van der Waals surface area (Å²) in [4.78, 5) is 37.6. The van der Waals surface area contributed by atoms with Gasteiger partial charge in [0.05, 0.1) is 0 Å². The Bertz CT molecular complexity index is 1620. The predicted octanol–water partition coefficient (Wildman–Crippen LogP) is 6.41. The van der Waals surface area contributed by atoms with E-state index in [1.165, 1.54) is 17.7 Å². The number of carbonyl (C=O) groups is 2. The zero-order chi connectivity index (χ0) is 30.8. The molecule has 2 atom stereocenters. The summed E-state index contributed by atoms with van der Waals surface area (Å²) in [5.74, 6) is -0.311. The first kappa shape index (κ1) is 29.9. The van der Waals surface area contributed by atoms with Crippen LogP contribution in [0.1, 0.15) is 60.3 Å². The molecule has 3 heterocycles. The number of urea groups is 1. The van der Waals surface area contributed by atoms with Crippen molar-refractivity contribution in [3.63, 3.8) is 0 Å². The number of nitrogens with one attached hydrogen (secondary N) is 2. The van der Waals surface area contributed by atoms with E-state index in [1.807, 2.05) is 67.3 Å². The number of rotatable bonds is 7. The number of hydrogen-bond acceptors (Lipinski definition) is 3. The summed E-state index contributed by atoms with van der Waals surface area (Å²) in [6.45, 7) is 4.60. The van der Waals surface area contributed by atoms with Gasteiger partial charge in [-0.2, -0.15) is 0 Å². The Morgan fingerprint density at radius 2 is 1.77 bits per heavy atom. The molecule has 0 unspecified atom stereocenters. The van der Waals surface area contributed by atoms with Crippen molar-refractivity contribution in [1.29, 1.82) is 0 Å². The molecule has 0 spiro atoms. The molecule has 8 heteroatoms. The number of aromatic amines is 1. The Morgan fingerprint density at radius 1 is 1.02 bits per heavy atom. The number of para-hydroxylation sites is 1. The smallest absolute Gasteiger partial charge is 0.318 e. The zero-order valence-corrected chi connectivity index (χ0v) is 25.9. The molecule has 0 radical (unpaired) electrons. The van der Waals surface area contributed by atoms with Crippen LogP contribution < -0.4 is 10.2 Å². The Hall–Kier alpha value is -4.17. The Kier molecular flexibility index (Phi) is 8.71. The normalized spacial score (nSPS) is 17.0. The molecule has 6 rings (SSSR count). The van der Waals surface area contributed by atoms with Gasteiger partial charge < -0.3 is 25.0 Å². The van der Waals surface area contributed by atoms with Gasteiger partial charge in [0.2, 0.25) is 5.91 Å². The van der Waals surface area contributed by atoms with Crippen molar-refractivity contribution in [3.05, 3.63) is 101 Å². The molecule has 1 saturated heterocycles. The fourth-order valence-corrected chi connectivity index (χ4v) is 6.91. The molecule has 3 amide bonds. The number of piperidine rings is 1. The minimum atomic E-state index is -0.750. The topological polar surface area (TPSA) is 71.7 Å². The third kappa shape index (κ3) is 6.22. The van der Waals surface area contributed by atoms with E-state index in [1.54, 1.807) is 0 Å². The molecule has 44 heavy (non-hydrogen) atoms. The molecule has 3 aromatic carbocycles. The number of likely N-dealkylation sites (tertiary alicyclic amines) is 1. The van der Waals surface area contributed by atoms with Crippen LogP contribution in [0.2, 0.25) is 0 Å². The largest absolute Gasteiger partial charge is 0.361 e. The van der Waals surface area contributed by atoms with Gasteiger partial charge in [0.15, 0.2) is 0 Å². The monoisotopic (exact) mass is 595 g/mol. The minimum Gasteiger partial charge on any atom is -0.361 e. The second kappa shape index (κ2) is 12.8. The highest BCUT2D eigenvalue weighted by atomic mass is 19.1. The quantitative estimate of drug-likeness (QED) is 0.259. The Morgan fingerprint density at radius 3 is 2.52 bits per heavy atom. The summed E-state index contributed by atoms with van der Waals surface area (Å²) in [5, 5.41) is 4.26. The van der Waals surface area contributed by atoms with Crippen LogP contribution in [-0.4, -0.2) is 66.5 Å². The molecule has 2 aliphatic rings.